The first-order chi connectivity index (χ1) is 25.3. The highest BCUT2D eigenvalue weighted by Gasteiger charge is 2.22. The van der Waals surface area contributed by atoms with Crippen LogP contribution in [-0.4, -0.2) is 19.5 Å². The van der Waals surface area contributed by atoms with Crippen molar-refractivity contribution in [2.45, 2.75) is 0 Å². The summed E-state index contributed by atoms with van der Waals surface area (Å²) in [5, 5.41) is 5.74. The van der Waals surface area contributed by atoms with Crippen molar-refractivity contribution in [3.63, 3.8) is 0 Å². The van der Waals surface area contributed by atoms with E-state index in [-0.39, 0.29) is 0 Å². The maximum atomic E-state index is 5.27. The molecule has 0 radical (unpaired) electrons. The maximum absolute atomic E-state index is 5.27. The molecule has 7 aromatic carbocycles. The lowest BCUT2D eigenvalue weighted by Gasteiger charge is -2.14. The molecule has 0 saturated carbocycles. The van der Waals surface area contributed by atoms with E-state index in [2.05, 4.69) is 162 Å². The minimum atomic E-state index is 0.700. The first kappa shape index (κ1) is 29.0. The third kappa shape index (κ3) is 4.80. The summed E-state index contributed by atoms with van der Waals surface area (Å²) in [6.07, 6.45) is 0. The molecule has 0 saturated heterocycles. The van der Waals surface area contributed by atoms with Gasteiger partial charge in [-0.15, -0.1) is 0 Å². The molecule has 10 rings (SSSR count). The van der Waals surface area contributed by atoms with Crippen molar-refractivity contribution < 1.29 is 0 Å². The van der Waals surface area contributed by atoms with Gasteiger partial charge in [-0.25, -0.2) is 15.0 Å². The van der Waals surface area contributed by atoms with Crippen molar-refractivity contribution in [3.05, 3.63) is 182 Å². The molecule has 0 amide bonds. The van der Waals surface area contributed by atoms with Crippen LogP contribution in [0.25, 0.3) is 94.3 Å². The second kappa shape index (κ2) is 11.9. The zero-order chi connectivity index (χ0) is 33.7. The number of fused-ring (bicyclic) bond motifs is 7. The van der Waals surface area contributed by atoms with Crippen LogP contribution in [0.15, 0.2) is 182 Å². The summed E-state index contributed by atoms with van der Waals surface area (Å²) in [4.78, 5) is 15.6. The number of hydrogen-bond acceptors (Lipinski definition) is 3. The van der Waals surface area contributed by atoms with Crippen LogP contribution in [0, 0.1) is 0 Å². The molecule has 0 atom stereocenters. The van der Waals surface area contributed by atoms with E-state index in [9.17, 15) is 0 Å². The first-order valence-electron chi connectivity index (χ1n) is 17.2. The van der Waals surface area contributed by atoms with Gasteiger partial charge in [-0.1, -0.05) is 152 Å². The van der Waals surface area contributed by atoms with Gasteiger partial charge in [0.05, 0.1) is 33.6 Å². The molecule has 0 aliphatic heterocycles. The number of benzene rings is 7. The van der Waals surface area contributed by atoms with Gasteiger partial charge in [0.25, 0.3) is 0 Å². The predicted molar refractivity (Wildman–Crippen MR) is 211 cm³/mol. The van der Waals surface area contributed by atoms with Crippen LogP contribution in [0.2, 0.25) is 0 Å². The maximum Gasteiger partial charge on any atom is 0.160 e. The van der Waals surface area contributed by atoms with E-state index < -0.39 is 0 Å². The molecule has 0 aliphatic carbocycles. The van der Waals surface area contributed by atoms with E-state index in [1.807, 2.05) is 24.3 Å². The smallest absolute Gasteiger partial charge is 0.160 e. The molecule has 3 aromatic heterocycles. The zero-order valence-electron chi connectivity index (χ0n) is 27.6. The summed E-state index contributed by atoms with van der Waals surface area (Å²) in [7, 11) is 0. The Kier molecular flexibility index (Phi) is 6.78. The van der Waals surface area contributed by atoms with Crippen LogP contribution in [0.3, 0.4) is 0 Å². The molecular weight excluding hydrogens is 621 g/mol. The van der Waals surface area contributed by atoms with Crippen molar-refractivity contribution >= 4 is 43.5 Å². The van der Waals surface area contributed by atoms with E-state index in [1.54, 1.807) is 0 Å². The van der Waals surface area contributed by atoms with E-state index in [0.717, 1.165) is 83.1 Å². The minimum Gasteiger partial charge on any atom is -0.309 e. The molecule has 0 bridgehead atoms. The fourth-order valence-corrected chi connectivity index (χ4v) is 7.52. The largest absolute Gasteiger partial charge is 0.309 e. The lowest BCUT2D eigenvalue weighted by atomic mass is 9.96. The quantitative estimate of drug-likeness (QED) is 0.174. The highest BCUT2D eigenvalue weighted by molar-refractivity contribution is 6.28. The van der Waals surface area contributed by atoms with Crippen LogP contribution in [0.1, 0.15) is 0 Å². The standard InChI is InChI=1S/C47H30N4/c1-5-16-31(17-6-1)40-30-41(50-47(49-40)33-20-9-3-10-21-33)36-25-15-27-42-43(36)38-29-28-37-44(46(38)51(42)34-22-11-4-12-23-34)35-24-13-14-26-39(35)48-45(37)32-18-7-2-8-19-32/h1-30H. The molecular formula is C47H30N4. The number of pyridine rings is 1. The highest BCUT2D eigenvalue weighted by Crippen LogP contribution is 2.44. The summed E-state index contributed by atoms with van der Waals surface area (Å²) in [5.74, 6) is 0.700. The molecule has 3 heterocycles. The summed E-state index contributed by atoms with van der Waals surface area (Å²) in [6.45, 7) is 0. The zero-order valence-corrected chi connectivity index (χ0v) is 27.6. The third-order valence-electron chi connectivity index (χ3n) is 9.78. The van der Waals surface area contributed by atoms with E-state index in [1.165, 1.54) is 5.39 Å². The van der Waals surface area contributed by atoms with Crippen molar-refractivity contribution in [3.8, 4) is 50.8 Å². The molecule has 0 aliphatic rings. The van der Waals surface area contributed by atoms with Gasteiger partial charge in [0.2, 0.25) is 0 Å². The molecule has 51 heavy (non-hydrogen) atoms. The normalized spacial score (nSPS) is 11.5. The summed E-state index contributed by atoms with van der Waals surface area (Å²) in [6, 6.07) is 63.6. The van der Waals surface area contributed by atoms with Gasteiger partial charge >= 0.3 is 0 Å². The van der Waals surface area contributed by atoms with Crippen LogP contribution in [-0.2, 0) is 0 Å². The highest BCUT2D eigenvalue weighted by atomic mass is 15.0. The van der Waals surface area contributed by atoms with Gasteiger partial charge in [-0.2, -0.15) is 0 Å². The average Bonchev–Trinajstić information content (AvgIpc) is 3.56. The number of hydrogen-bond donors (Lipinski definition) is 0. The molecule has 10 aromatic rings. The summed E-state index contributed by atoms with van der Waals surface area (Å²) >= 11 is 0. The number of aromatic nitrogens is 4. The van der Waals surface area contributed by atoms with Crippen molar-refractivity contribution in [1.82, 2.24) is 19.5 Å². The number of rotatable bonds is 5. The fraction of sp³-hybridized carbons (Fsp3) is 0. The summed E-state index contributed by atoms with van der Waals surface area (Å²) in [5.41, 5.74) is 11.3. The second-order valence-corrected chi connectivity index (χ2v) is 12.8. The van der Waals surface area contributed by atoms with Crippen LogP contribution in [0.5, 0.6) is 0 Å². The lowest BCUT2D eigenvalue weighted by Crippen LogP contribution is -1.97. The molecule has 0 fully saturated rings. The molecule has 0 N–H and O–H groups in total. The average molecular weight is 651 g/mol. The van der Waals surface area contributed by atoms with E-state index in [0.29, 0.717) is 5.82 Å². The number of nitrogens with zero attached hydrogens (tertiary/aromatic N) is 4. The Bertz CT molecular complexity index is 2820. The topological polar surface area (TPSA) is 43.6 Å². The molecule has 0 spiro atoms. The fourth-order valence-electron chi connectivity index (χ4n) is 7.52. The Balaban J connectivity index is 1.36. The lowest BCUT2D eigenvalue weighted by molar-refractivity contribution is 1.18. The predicted octanol–water partition coefficient (Wildman–Crippen LogP) is 11.9. The van der Waals surface area contributed by atoms with Gasteiger partial charge < -0.3 is 4.57 Å². The van der Waals surface area contributed by atoms with Crippen LogP contribution < -0.4 is 0 Å². The first-order valence-corrected chi connectivity index (χ1v) is 17.2. The molecule has 0 unspecified atom stereocenters. The van der Waals surface area contributed by atoms with E-state index in [4.69, 9.17) is 15.0 Å². The molecule has 4 heteroatoms. The second-order valence-electron chi connectivity index (χ2n) is 12.8. The van der Waals surface area contributed by atoms with Gasteiger partial charge in [-0.3, -0.25) is 0 Å². The van der Waals surface area contributed by atoms with Gasteiger partial charge in [0.1, 0.15) is 0 Å². The van der Waals surface area contributed by atoms with Crippen LogP contribution >= 0.6 is 0 Å². The SMILES string of the molecule is c1ccc(-c2cc(-c3cccc4c3c3ccc5c(-c6ccccc6)nc6ccccc6c5c3n4-c3ccccc3)nc(-c3ccccc3)n2)cc1. The van der Waals surface area contributed by atoms with Crippen LogP contribution in [0.4, 0.5) is 0 Å². The Labute approximate surface area is 295 Å². The van der Waals surface area contributed by atoms with Gasteiger partial charge in [0, 0.05) is 54.9 Å². The van der Waals surface area contributed by atoms with E-state index >= 15 is 0 Å². The molecule has 238 valence electrons. The Morgan fingerprint density at radius 2 is 1.00 bits per heavy atom. The van der Waals surface area contributed by atoms with Crippen molar-refractivity contribution in [2.24, 2.45) is 0 Å². The molecule has 4 nitrogen and oxygen atoms in total. The monoisotopic (exact) mass is 650 g/mol. The van der Waals surface area contributed by atoms with Crippen molar-refractivity contribution in [2.75, 3.05) is 0 Å². The summed E-state index contributed by atoms with van der Waals surface area (Å²) < 4.78 is 2.43. The Hall–Kier alpha value is -6.91. The number of para-hydroxylation sites is 2. The third-order valence-corrected chi connectivity index (χ3v) is 9.78. The van der Waals surface area contributed by atoms with Crippen molar-refractivity contribution in [1.29, 1.82) is 0 Å². The minimum absolute atomic E-state index is 0.700. The van der Waals surface area contributed by atoms with Gasteiger partial charge in [0.15, 0.2) is 5.82 Å². The Morgan fingerprint density at radius 1 is 0.392 bits per heavy atom. The Morgan fingerprint density at radius 3 is 1.75 bits per heavy atom. The van der Waals surface area contributed by atoms with Gasteiger partial charge in [-0.05, 0) is 30.3 Å².